The number of thiophene rings is 1. The van der Waals surface area contributed by atoms with Gasteiger partial charge in [-0.2, -0.15) is 5.10 Å². The lowest BCUT2D eigenvalue weighted by Crippen LogP contribution is -2.15. The molecular weight excluding hydrogens is 328 g/mol. The summed E-state index contributed by atoms with van der Waals surface area (Å²) in [6.45, 7) is 0.622. The van der Waals surface area contributed by atoms with Crippen LogP contribution in [0.25, 0.3) is 0 Å². The number of hydrogen-bond donors (Lipinski definition) is 1. The molecule has 2 heterocycles. The van der Waals surface area contributed by atoms with Crippen LogP contribution in [0.15, 0.2) is 54.7 Å². The largest absolute Gasteiger partial charge is 0.324 e. The smallest absolute Gasteiger partial charge is 0.306 e. The molecule has 24 heavy (non-hydrogen) atoms. The van der Waals surface area contributed by atoms with Gasteiger partial charge in [-0.1, -0.05) is 41.7 Å². The summed E-state index contributed by atoms with van der Waals surface area (Å²) < 4.78 is 1.70. The topological polar surface area (TPSA) is 90.1 Å². The molecule has 122 valence electrons. The lowest BCUT2D eigenvalue weighted by atomic mass is 10.1. The van der Waals surface area contributed by atoms with Crippen LogP contribution in [-0.2, 0) is 13.0 Å². The number of carbonyl (C=O) groups is 1. The highest BCUT2D eigenvalue weighted by Crippen LogP contribution is 2.24. The highest BCUT2D eigenvalue weighted by molar-refractivity contribution is 7.17. The van der Waals surface area contributed by atoms with Gasteiger partial charge in [-0.05, 0) is 18.1 Å². The molecule has 0 atom stereocenters. The second kappa shape index (κ2) is 7.05. The number of rotatable bonds is 6. The summed E-state index contributed by atoms with van der Waals surface area (Å²) in [6.07, 6.45) is 2.40. The van der Waals surface area contributed by atoms with Crippen molar-refractivity contribution in [1.82, 2.24) is 9.78 Å². The van der Waals surface area contributed by atoms with Gasteiger partial charge in [-0.25, -0.2) is 4.68 Å². The maximum absolute atomic E-state index is 12.2. The molecule has 3 aromatic rings. The Hall–Kier alpha value is -3.00. The maximum Gasteiger partial charge on any atom is 0.324 e. The van der Waals surface area contributed by atoms with E-state index >= 15 is 0 Å². The number of benzene rings is 1. The van der Waals surface area contributed by atoms with E-state index in [1.165, 1.54) is 17.7 Å². The molecule has 3 rings (SSSR count). The summed E-state index contributed by atoms with van der Waals surface area (Å²) in [7, 11) is 0. The summed E-state index contributed by atoms with van der Waals surface area (Å²) in [5.74, 6) is 0.182. The number of hydrogen-bond acceptors (Lipinski definition) is 5. The van der Waals surface area contributed by atoms with Crippen molar-refractivity contribution in [1.29, 1.82) is 0 Å². The Labute approximate surface area is 141 Å². The standard InChI is InChI=1S/C16H14N4O3S/c21-16(13-6-7-15(24-13)20(22)23)18-14-8-10-17-19(14)11-9-12-4-2-1-3-5-12/h1-8,10H,9,11H2,(H,18,21). The molecule has 0 aliphatic heterocycles. The fourth-order valence-corrected chi connectivity index (χ4v) is 2.94. The SMILES string of the molecule is O=C(Nc1ccnn1CCc1ccccc1)c1ccc([N+](=O)[O-])s1. The van der Waals surface area contributed by atoms with Gasteiger partial charge in [-0.3, -0.25) is 14.9 Å². The number of aryl methyl sites for hydroxylation is 2. The zero-order chi connectivity index (χ0) is 16.9. The molecule has 1 aromatic carbocycles. The van der Waals surface area contributed by atoms with E-state index in [2.05, 4.69) is 10.4 Å². The van der Waals surface area contributed by atoms with Crippen molar-refractivity contribution >= 4 is 28.1 Å². The van der Waals surface area contributed by atoms with Crippen molar-refractivity contribution in [2.45, 2.75) is 13.0 Å². The Bertz CT molecular complexity index is 857. The predicted octanol–water partition coefficient (Wildman–Crippen LogP) is 3.35. The number of aromatic nitrogens is 2. The minimum atomic E-state index is -0.508. The normalized spacial score (nSPS) is 10.5. The van der Waals surface area contributed by atoms with Gasteiger partial charge in [0.05, 0.1) is 16.0 Å². The van der Waals surface area contributed by atoms with Crippen LogP contribution in [0.4, 0.5) is 10.8 Å². The number of nitrogens with one attached hydrogen (secondary N) is 1. The fourth-order valence-electron chi connectivity index (χ4n) is 2.22. The monoisotopic (exact) mass is 342 g/mol. The summed E-state index contributed by atoms with van der Waals surface area (Å²) in [5.41, 5.74) is 1.18. The van der Waals surface area contributed by atoms with E-state index in [0.29, 0.717) is 12.4 Å². The lowest BCUT2D eigenvalue weighted by molar-refractivity contribution is -0.380. The van der Waals surface area contributed by atoms with Crippen molar-refractivity contribution < 1.29 is 9.72 Å². The third-order valence-corrected chi connectivity index (χ3v) is 4.44. The lowest BCUT2D eigenvalue weighted by Gasteiger charge is -2.08. The second-order valence-electron chi connectivity index (χ2n) is 5.02. The molecule has 0 spiro atoms. The van der Waals surface area contributed by atoms with Gasteiger partial charge in [0.15, 0.2) is 0 Å². The average Bonchev–Trinajstić information content (AvgIpc) is 3.23. The summed E-state index contributed by atoms with van der Waals surface area (Å²) in [5, 5.41) is 17.6. The fraction of sp³-hybridized carbons (Fsp3) is 0.125. The van der Waals surface area contributed by atoms with Crippen molar-refractivity contribution in [3.8, 4) is 0 Å². The van der Waals surface area contributed by atoms with Gasteiger partial charge in [-0.15, -0.1) is 0 Å². The molecule has 0 radical (unpaired) electrons. The number of nitrogens with zero attached hydrogens (tertiary/aromatic N) is 3. The van der Waals surface area contributed by atoms with Crippen molar-refractivity contribution in [2.24, 2.45) is 0 Å². The zero-order valence-electron chi connectivity index (χ0n) is 12.6. The molecule has 1 amide bonds. The van der Waals surface area contributed by atoms with Gasteiger partial charge in [0.1, 0.15) is 5.82 Å². The average molecular weight is 342 g/mol. The minimum Gasteiger partial charge on any atom is -0.306 e. The molecule has 0 bridgehead atoms. The minimum absolute atomic E-state index is 0.0577. The maximum atomic E-state index is 12.2. The van der Waals surface area contributed by atoms with E-state index in [4.69, 9.17) is 0 Å². The van der Waals surface area contributed by atoms with Gasteiger partial charge in [0.25, 0.3) is 5.91 Å². The number of carbonyl (C=O) groups excluding carboxylic acids is 1. The van der Waals surface area contributed by atoms with E-state index < -0.39 is 4.92 Å². The van der Waals surface area contributed by atoms with Crippen molar-refractivity contribution in [3.05, 3.63) is 75.3 Å². The van der Waals surface area contributed by atoms with Gasteiger partial charge >= 0.3 is 5.00 Å². The quantitative estimate of drug-likeness (QED) is 0.549. The first-order valence-corrected chi connectivity index (χ1v) is 8.06. The van der Waals surface area contributed by atoms with E-state index in [0.717, 1.165) is 17.8 Å². The third-order valence-electron chi connectivity index (χ3n) is 3.41. The van der Waals surface area contributed by atoms with Crippen LogP contribution in [-0.4, -0.2) is 20.6 Å². The van der Waals surface area contributed by atoms with Crippen LogP contribution >= 0.6 is 11.3 Å². The van der Waals surface area contributed by atoms with Crippen LogP contribution in [0.2, 0.25) is 0 Å². The van der Waals surface area contributed by atoms with Gasteiger partial charge < -0.3 is 5.32 Å². The molecule has 7 nitrogen and oxygen atoms in total. The van der Waals surface area contributed by atoms with Crippen LogP contribution in [0.5, 0.6) is 0 Å². The molecule has 0 aliphatic rings. The Morgan fingerprint density at radius 3 is 2.71 bits per heavy atom. The molecule has 2 aromatic heterocycles. The molecule has 0 saturated heterocycles. The molecular formula is C16H14N4O3S. The van der Waals surface area contributed by atoms with E-state index in [1.807, 2.05) is 30.3 Å². The Morgan fingerprint density at radius 2 is 2.00 bits per heavy atom. The Balaban J connectivity index is 1.66. The number of amides is 1. The zero-order valence-corrected chi connectivity index (χ0v) is 13.4. The molecule has 0 saturated carbocycles. The van der Waals surface area contributed by atoms with Gasteiger partial charge in [0.2, 0.25) is 0 Å². The van der Waals surface area contributed by atoms with Crippen molar-refractivity contribution in [3.63, 3.8) is 0 Å². The first-order chi connectivity index (χ1) is 11.6. The van der Waals surface area contributed by atoms with Crippen LogP contribution in [0, 0.1) is 10.1 Å². The predicted molar refractivity (Wildman–Crippen MR) is 91.3 cm³/mol. The van der Waals surface area contributed by atoms with Crippen LogP contribution < -0.4 is 5.32 Å². The Morgan fingerprint density at radius 1 is 1.21 bits per heavy atom. The summed E-state index contributed by atoms with van der Waals surface area (Å²) >= 11 is 0.846. The van der Waals surface area contributed by atoms with Crippen LogP contribution in [0.1, 0.15) is 15.2 Å². The first-order valence-electron chi connectivity index (χ1n) is 7.25. The van der Waals surface area contributed by atoms with Crippen LogP contribution in [0.3, 0.4) is 0 Å². The molecule has 0 fully saturated rings. The highest BCUT2D eigenvalue weighted by atomic mass is 32.1. The summed E-state index contributed by atoms with van der Waals surface area (Å²) in [4.78, 5) is 22.7. The number of anilines is 1. The van der Waals surface area contributed by atoms with Gasteiger partial charge in [0, 0.05) is 18.7 Å². The first kappa shape index (κ1) is 15.9. The Kier molecular flexibility index (Phi) is 4.66. The molecule has 0 aliphatic carbocycles. The van der Waals surface area contributed by atoms with E-state index in [1.54, 1.807) is 16.9 Å². The second-order valence-corrected chi connectivity index (χ2v) is 6.09. The van der Waals surface area contributed by atoms with E-state index in [-0.39, 0.29) is 15.8 Å². The molecule has 1 N–H and O–H groups in total. The summed E-state index contributed by atoms with van der Waals surface area (Å²) in [6, 6.07) is 14.5. The highest BCUT2D eigenvalue weighted by Gasteiger charge is 2.16. The molecule has 0 unspecified atom stereocenters. The van der Waals surface area contributed by atoms with Crippen molar-refractivity contribution in [2.75, 3.05) is 5.32 Å². The third kappa shape index (κ3) is 3.66. The molecule has 8 heteroatoms. The number of nitro groups is 1. The van der Waals surface area contributed by atoms with E-state index in [9.17, 15) is 14.9 Å².